The number of anilines is 2. The van der Waals surface area contributed by atoms with Crippen LogP contribution in [0.5, 0.6) is 0 Å². The van der Waals surface area contributed by atoms with E-state index in [-0.39, 0.29) is 24.1 Å². The van der Waals surface area contributed by atoms with Crippen LogP contribution in [0.3, 0.4) is 0 Å². The van der Waals surface area contributed by atoms with Gasteiger partial charge in [0.2, 0.25) is 0 Å². The Morgan fingerprint density at radius 2 is 1.53 bits per heavy atom. The SMILES string of the molecule is O=C(NS(=O)(=O)c1ccc(N[C@@H](CSc2ccccc2)C[C@@H]2CCCN2CCNCCF)c(S(=O)(=O)C(F)(F)F)c1)c1ccc(N2CCC([C@@H](O)c3ccccc3-c3ccc(Cl)cc3)CC2)cc1. The first-order valence-corrected chi connectivity index (χ1v) is 26.7. The predicted octanol–water partition coefficient (Wildman–Crippen LogP) is 9.36. The van der Waals surface area contributed by atoms with Crippen LogP contribution in [0.2, 0.25) is 5.02 Å². The number of thioether (sulfide) groups is 1. The van der Waals surface area contributed by atoms with Crippen LogP contribution >= 0.6 is 23.4 Å². The first-order chi connectivity index (χ1) is 32.5. The highest BCUT2D eigenvalue weighted by Gasteiger charge is 2.48. The molecule has 364 valence electrons. The van der Waals surface area contributed by atoms with E-state index >= 15 is 0 Å². The summed E-state index contributed by atoms with van der Waals surface area (Å²) in [6.45, 7) is 2.84. The summed E-state index contributed by atoms with van der Waals surface area (Å²) < 4.78 is 111. The van der Waals surface area contributed by atoms with Gasteiger partial charge in [0, 0.05) is 71.7 Å². The van der Waals surface area contributed by atoms with E-state index < -0.39 is 65.6 Å². The number of hydrogen-bond donors (Lipinski definition) is 4. The number of alkyl halides is 4. The molecule has 2 saturated heterocycles. The van der Waals surface area contributed by atoms with E-state index in [4.69, 9.17) is 11.6 Å². The fourth-order valence-corrected chi connectivity index (χ4v) is 12.0. The molecule has 0 bridgehead atoms. The van der Waals surface area contributed by atoms with Crippen LogP contribution in [0.25, 0.3) is 11.1 Å². The maximum atomic E-state index is 14.3. The van der Waals surface area contributed by atoms with E-state index in [2.05, 4.69) is 20.4 Å². The number of hydrogen-bond acceptors (Lipinski definition) is 11. The number of sulfone groups is 1. The Kier molecular flexibility index (Phi) is 17.2. The number of piperidine rings is 1. The minimum atomic E-state index is -6.11. The largest absolute Gasteiger partial charge is 0.501 e. The second-order valence-corrected chi connectivity index (χ2v) is 22.0. The van der Waals surface area contributed by atoms with Gasteiger partial charge in [-0.3, -0.25) is 9.69 Å². The van der Waals surface area contributed by atoms with E-state index in [1.165, 1.54) is 23.9 Å². The molecular weight excluding hydrogens is 962 g/mol. The summed E-state index contributed by atoms with van der Waals surface area (Å²) >= 11 is 7.54. The summed E-state index contributed by atoms with van der Waals surface area (Å²) in [6, 6.07) is 32.4. The number of aliphatic hydroxyl groups excluding tert-OH is 1. The molecule has 3 atom stereocenters. The van der Waals surface area contributed by atoms with Gasteiger partial charge in [-0.25, -0.2) is 25.9 Å². The molecule has 0 aromatic heterocycles. The Bertz CT molecular complexity index is 2700. The van der Waals surface area contributed by atoms with Crippen molar-refractivity contribution in [3.8, 4) is 11.1 Å². The lowest BCUT2D eigenvalue weighted by molar-refractivity contribution is -0.0435. The van der Waals surface area contributed by atoms with E-state index in [1.807, 2.05) is 83.6 Å². The molecule has 19 heteroatoms. The Hall–Kier alpha value is -4.69. The molecule has 7 rings (SSSR count). The van der Waals surface area contributed by atoms with Gasteiger partial charge < -0.3 is 20.6 Å². The Morgan fingerprint density at radius 3 is 2.22 bits per heavy atom. The molecule has 4 N–H and O–H groups in total. The molecule has 2 heterocycles. The molecule has 11 nitrogen and oxygen atoms in total. The molecule has 5 aromatic carbocycles. The second kappa shape index (κ2) is 22.8. The number of halogens is 5. The van der Waals surface area contributed by atoms with Gasteiger partial charge in [-0.1, -0.05) is 66.2 Å². The summed E-state index contributed by atoms with van der Waals surface area (Å²) in [5.74, 6) is -0.765. The third-order valence-electron chi connectivity index (χ3n) is 12.5. The van der Waals surface area contributed by atoms with Crippen molar-refractivity contribution in [3.63, 3.8) is 0 Å². The molecular formula is C49H54ClF4N5O6S3. The maximum Gasteiger partial charge on any atom is 0.501 e. The van der Waals surface area contributed by atoms with Gasteiger partial charge in [0.1, 0.15) is 11.6 Å². The lowest BCUT2D eigenvalue weighted by Crippen LogP contribution is -2.40. The van der Waals surface area contributed by atoms with Crippen molar-refractivity contribution in [2.75, 3.05) is 61.9 Å². The van der Waals surface area contributed by atoms with Crippen LogP contribution in [-0.2, 0) is 19.9 Å². The summed E-state index contributed by atoms with van der Waals surface area (Å²) in [4.78, 5) is 16.4. The number of carbonyl (C=O) groups excluding carboxylic acids is 1. The number of sulfonamides is 1. The third-order valence-corrected chi connectivity index (χ3v) is 16.7. The Morgan fingerprint density at radius 1 is 0.838 bits per heavy atom. The number of amides is 1. The fraction of sp³-hybridized carbons (Fsp3) is 0.367. The Labute approximate surface area is 404 Å². The van der Waals surface area contributed by atoms with Crippen molar-refractivity contribution in [3.05, 3.63) is 137 Å². The van der Waals surface area contributed by atoms with Crippen LogP contribution in [0.4, 0.5) is 28.9 Å². The first kappa shape index (κ1) is 51.2. The summed E-state index contributed by atoms with van der Waals surface area (Å²) in [5.41, 5.74) is -2.81. The van der Waals surface area contributed by atoms with Crippen LogP contribution < -0.4 is 20.3 Å². The minimum absolute atomic E-state index is 0.00979. The van der Waals surface area contributed by atoms with Crippen molar-refractivity contribution in [2.45, 2.75) is 70.5 Å². The predicted molar refractivity (Wildman–Crippen MR) is 260 cm³/mol. The quantitative estimate of drug-likeness (QED) is 0.0336. The smallest absolute Gasteiger partial charge is 0.388 e. The van der Waals surface area contributed by atoms with Crippen LogP contribution in [-0.4, -0.2) is 102 Å². The van der Waals surface area contributed by atoms with Gasteiger partial charge in [-0.2, -0.15) is 13.2 Å². The van der Waals surface area contributed by atoms with Crippen LogP contribution in [0, 0.1) is 5.92 Å². The monoisotopic (exact) mass is 1020 g/mol. The summed E-state index contributed by atoms with van der Waals surface area (Å²) in [7, 11) is -11.0. The highest BCUT2D eigenvalue weighted by molar-refractivity contribution is 7.99. The lowest BCUT2D eigenvalue weighted by Gasteiger charge is -2.36. The average molecular weight is 1020 g/mol. The molecule has 1 amide bonds. The van der Waals surface area contributed by atoms with Crippen molar-refractivity contribution in [1.29, 1.82) is 0 Å². The van der Waals surface area contributed by atoms with Gasteiger partial charge in [0.15, 0.2) is 0 Å². The number of benzene rings is 5. The number of aliphatic hydroxyl groups is 1. The van der Waals surface area contributed by atoms with Gasteiger partial charge in [-0.05, 0) is 128 Å². The van der Waals surface area contributed by atoms with Crippen molar-refractivity contribution in [1.82, 2.24) is 14.9 Å². The molecule has 0 saturated carbocycles. The first-order valence-electron chi connectivity index (χ1n) is 22.4. The van der Waals surface area contributed by atoms with Crippen molar-refractivity contribution >= 4 is 60.5 Å². The van der Waals surface area contributed by atoms with Gasteiger partial charge in [0.05, 0.1) is 16.7 Å². The zero-order valence-electron chi connectivity index (χ0n) is 37.0. The zero-order valence-corrected chi connectivity index (χ0v) is 40.3. The van der Waals surface area contributed by atoms with Crippen molar-refractivity contribution < 1.29 is 44.3 Å². The molecule has 2 aliphatic rings. The number of carbonyl (C=O) groups is 1. The van der Waals surface area contributed by atoms with Crippen LogP contribution in [0.1, 0.15) is 54.1 Å². The Balaban J connectivity index is 1.03. The number of rotatable bonds is 20. The molecule has 0 radical (unpaired) electrons. The third kappa shape index (κ3) is 12.7. The molecule has 0 unspecified atom stereocenters. The standard InChI is InChI=1S/C49H54ClF4N5O6S3/c50-37-16-12-34(13-17-37)43-10-4-5-11-44(43)47(60)35-22-28-59(29-23-35)39-18-14-36(15-19-39)48(61)57-68(64,65)42-20-21-45(46(32-42)67(62,63)49(52,53)54)56-38(33-66-41-8-2-1-3-9-41)31-40-7-6-27-58(40)30-26-55-25-24-51/h1-5,8-21,32,35,38,40,47,55-56,60H,6-7,22-31,33H2,(H,57,61)/t38-,40+,47-/m1/s1. The lowest BCUT2D eigenvalue weighted by atomic mass is 9.84. The van der Waals surface area contributed by atoms with Gasteiger partial charge in [0.25, 0.3) is 25.8 Å². The molecule has 5 aromatic rings. The van der Waals surface area contributed by atoms with E-state index in [1.54, 1.807) is 12.1 Å². The fourth-order valence-electron chi connectivity index (χ4n) is 8.88. The zero-order chi connectivity index (χ0) is 48.5. The number of nitrogens with zero attached hydrogens (tertiary/aromatic N) is 2. The molecule has 68 heavy (non-hydrogen) atoms. The van der Waals surface area contributed by atoms with Crippen LogP contribution in [0.15, 0.2) is 136 Å². The topological polar surface area (TPSA) is 148 Å². The molecule has 0 aliphatic carbocycles. The molecule has 0 spiro atoms. The normalized spacial score (nSPS) is 17.2. The highest BCUT2D eigenvalue weighted by Crippen LogP contribution is 2.39. The minimum Gasteiger partial charge on any atom is -0.388 e. The van der Waals surface area contributed by atoms with Gasteiger partial charge in [-0.15, -0.1) is 11.8 Å². The maximum absolute atomic E-state index is 14.3. The average Bonchev–Trinajstić information content (AvgIpc) is 3.78. The molecule has 2 fully saturated rings. The van der Waals surface area contributed by atoms with E-state index in [0.29, 0.717) is 62.3 Å². The second-order valence-electron chi connectivity index (χ2n) is 16.9. The van der Waals surface area contributed by atoms with E-state index in [0.717, 1.165) is 58.8 Å². The van der Waals surface area contributed by atoms with Crippen molar-refractivity contribution in [2.24, 2.45) is 5.92 Å². The summed E-state index contributed by atoms with van der Waals surface area (Å²) in [6.07, 6.45) is 2.71. The number of nitrogens with one attached hydrogen (secondary N) is 3. The summed E-state index contributed by atoms with van der Waals surface area (Å²) in [5, 5.41) is 18.2. The number of likely N-dealkylation sites (tertiary alicyclic amines) is 1. The van der Waals surface area contributed by atoms with E-state index in [9.17, 15) is 44.3 Å². The van der Waals surface area contributed by atoms with Gasteiger partial charge >= 0.3 is 5.51 Å². The highest BCUT2D eigenvalue weighted by atomic mass is 35.5. The molecule has 2 aliphatic heterocycles.